The van der Waals surface area contributed by atoms with Crippen molar-refractivity contribution in [1.82, 2.24) is 14.6 Å². The van der Waals surface area contributed by atoms with Crippen LogP contribution in [-0.2, 0) is 0 Å². The number of aryl methyl sites for hydroxylation is 1. The molecule has 0 saturated heterocycles. The molecule has 0 aliphatic heterocycles. The molecule has 0 aliphatic carbocycles. The number of carbonyl (C=O) groups excluding carboxylic acids is 1. The van der Waals surface area contributed by atoms with Gasteiger partial charge in [0.15, 0.2) is 5.65 Å². The van der Waals surface area contributed by atoms with Crippen LogP contribution in [0.25, 0.3) is 16.9 Å². The first-order valence-corrected chi connectivity index (χ1v) is 8.31. The molecule has 4 aromatic rings. The van der Waals surface area contributed by atoms with Crippen molar-refractivity contribution in [3.05, 3.63) is 70.2 Å². The minimum absolute atomic E-state index is 0.0466. The number of ketones is 1. The van der Waals surface area contributed by atoms with Gasteiger partial charge in [-0.05, 0) is 36.6 Å². The molecule has 3 heterocycles. The van der Waals surface area contributed by atoms with E-state index in [4.69, 9.17) is 5.73 Å². The van der Waals surface area contributed by atoms with Crippen LogP contribution in [0.2, 0.25) is 0 Å². The van der Waals surface area contributed by atoms with Gasteiger partial charge in [0.25, 0.3) is 0 Å². The maximum Gasteiger partial charge on any atom is 0.208 e. The first kappa shape index (κ1) is 14.6. The highest BCUT2D eigenvalue weighted by Gasteiger charge is 2.21. The molecule has 0 radical (unpaired) electrons. The summed E-state index contributed by atoms with van der Waals surface area (Å²) in [7, 11) is 0. The van der Waals surface area contributed by atoms with E-state index in [9.17, 15) is 4.79 Å². The van der Waals surface area contributed by atoms with Gasteiger partial charge in [-0.2, -0.15) is 5.10 Å². The second kappa shape index (κ2) is 5.58. The Morgan fingerprint density at radius 1 is 1.21 bits per heavy atom. The summed E-state index contributed by atoms with van der Waals surface area (Å²) >= 11 is 1.42. The molecule has 5 nitrogen and oxygen atoms in total. The highest BCUT2D eigenvalue weighted by molar-refractivity contribution is 7.12. The lowest BCUT2D eigenvalue weighted by atomic mass is 10.1. The maximum absolute atomic E-state index is 12.8. The molecule has 1 aromatic carbocycles. The van der Waals surface area contributed by atoms with Gasteiger partial charge < -0.3 is 5.73 Å². The largest absolute Gasteiger partial charge is 0.399 e. The SMILES string of the molecule is Cc1nn2c(-c3cccc(N)c3)ccnc2c1C(=O)c1cccs1. The molecular weight excluding hydrogens is 320 g/mol. The summed E-state index contributed by atoms with van der Waals surface area (Å²) in [6.07, 6.45) is 1.69. The van der Waals surface area contributed by atoms with Gasteiger partial charge in [0.2, 0.25) is 5.78 Å². The smallest absolute Gasteiger partial charge is 0.208 e. The number of aromatic nitrogens is 3. The van der Waals surface area contributed by atoms with E-state index in [0.29, 0.717) is 27.5 Å². The molecular formula is C18H14N4OS. The lowest BCUT2D eigenvalue weighted by Crippen LogP contribution is -2.02. The van der Waals surface area contributed by atoms with Crippen molar-refractivity contribution in [1.29, 1.82) is 0 Å². The van der Waals surface area contributed by atoms with Gasteiger partial charge in [0.05, 0.1) is 21.8 Å². The van der Waals surface area contributed by atoms with E-state index in [-0.39, 0.29) is 5.78 Å². The van der Waals surface area contributed by atoms with E-state index >= 15 is 0 Å². The molecule has 0 saturated carbocycles. The standard InChI is InChI=1S/C18H14N4OS/c1-11-16(17(23)15-6-3-9-24-15)18-20-8-7-14(22(18)21-11)12-4-2-5-13(19)10-12/h2-10H,19H2,1H3. The third-order valence-electron chi connectivity index (χ3n) is 3.85. The number of hydrogen-bond donors (Lipinski definition) is 1. The van der Waals surface area contributed by atoms with E-state index in [1.807, 2.05) is 54.8 Å². The summed E-state index contributed by atoms with van der Waals surface area (Å²) in [5.74, 6) is -0.0466. The molecule has 0 spiro atoms. The zero-order valence-electron chi connectivity index (χ0n) is 12.9. The summed E-state index contributed by atoms with van der Waals surface area (Å²) in [6.45, 7) is 1.83. The number of carbonyl (C=O) groups is 1. The Bertz CT molecular complexity index is 1050. The maximum atomic E-state index is 12.8. The molecule has 3 aromatic heterocycles. The number of anilines is 1. The topological polar surface area (TPSA) is 73.3 Å². The first-order chi connectivity index (χ1) is 11.6. The van der Waals surface area contributed by atoms with Crippen LogP contribution < -0.4 is 5.73 Å². The Hall–Kier alpha value is -2.99. The molecule has 2 N–H and O–H groups in total. The predicted molar refractivity (Wildman–Crippen MR) is 95.3 cm³/mol. The molecule has 0 bridgehead atoms. The third-order valence-corrected chi connectivity index (χ3v) is 4.72. The quantitative estimate of drug-likeness (QED) is 0.459. The third kappa shape index (κ3) is 2.28. The van der Waals surface area contributed by atoms with Gasteiger partial charge in [0.1, 0.15) is 0 Å². The highest BCUT2D eigenvalue weighted by atomic mass is 32.1. The van der Waals surface area contributed by atoms with E-state index in [0.717, 1.165) is 11.3 Å². The van der Waals surface area contributed by atoms with Gasteiger partial charge in [0, 0.05) is 17.4 Å². The fourth-order valence-electron chi connectivity index (χ4n) is 2.76. The second-order valence-corrected chi connectivity index (χ2v) is 6.41. The average Bonchev–Trinajstić information content (AvgIpc) is 3.21. The molecule has 4 rings (SSSR count). The molecule has 0 unspecified atom stereocenters. The number of nitrogens with zero attached hydrogens (tertiary/aromatic N) is 3. The number of fused-ring (bicyclic) bond motifs is 1. The van der Waals surface area contributed by atoms with Gasteiger partial charge >= 0.3 is 0 Å². The van der Waals surface area contributed by atoms with Crippen LogP contribution >= 0.6 is 11.3 Å². The van der Waals surface area contributed by atoms with Crippen molar-refractivity contribution < 1.29 is 4.79 Å². The monoisotopic (exact) mass is 334 g/mol. The summed E-state index contributed by atoms with van der Waals surface area (Å²) in [6, 6.07) is 13.1. The van der Waals surface area contributed by atoms with Crippen molar-refractivity contribution >= 4 is 28.5 Å². The predicted octanol–water partition coefficient (Wildman–Crippen LogP) is 3.58. The van der Waals surface area contributed by atoms with Crippen LogP contribution in [0.5, 0.6) is 0 Å². The van der Waals surface area contributed by atoms with Gasteiger partial charge in [-0.3, -0.25) is 4.79 Å². The number of nitrogen functional groups attached to an aromatic ring is 1. The minimum atomic E-state index is -0.0466. The van der Waals surface area contributed by atoms with Crippen molar-refractivity contribution in [2.75, 3.05) is 5.73 Å². The lowest BCUT2D eigenvalue weighted by Gasteiger charge is -2.05. The fraction of sp³-hybridized carbons (Fsp3) is 0.0556. The normalized spacial score (nSPS) is 11.0. The van der Waals surface area contributed by atoms with Gasteiger partial charge in [-0.1, -0.05) is 18.2 Å². The Balaban J connectivity index is 1.94. The van der Waals surface area contributed by atoms with Crippen molar-refractivity contribution in [3.63, 3.8) is 0 Å². The zero-order chi connectivity index (χ0) is 16.7. The Labute approximate surface area is 142 Å². The Morgan fingerprint density at radius 3 is 2.83 bits per heavy atom. The number of benzene rings is 1. The number of rotatable bonds is 3. The van der Waals surface area contributed by atoms with Crippen molar-refractivity contribution in [2.24, 2.45) is 0 Å². The molecule has 0 atom stereocenters. The molecule has 0 aliphatic rings. The van der Waals surface area contributed by atoms with Crippen LogP contribution in [0.4, 0.5) is 5.69 Å². The number of hydrogen-bond acceptors (Lipinski definition) is 5. The van der Waals surface area contributed by atoms with E-state index in [2.05, 4.69) is 10.1 Å². The Morgan fingerprint density at radius 2 is 2.08 bits per heavy atom. The number of nitrogens with two attached hydrogens (primary N) is 1. The Kier molecular flexibility index (Phi) is 3.39. The van der Waals surface area contributed by atoms with Crippen LogP contribution in [-0.4, -0.2) is 20.4 Å². The second-order valence-electron chi connectivity index (χ2n) is 5.46. The number of thiophene rings is 1. The van der Waals surface area contributed by atoms with Crippen molar-refractivity contribution in [2.45, 2.75) is 6.92 Å². The molecule has 24 heavy (non-hydrogen) atoms. The highest BCUT2D eigenvalue weighted by Crippen LogP contribution is 2.26. The average molecular weight is 334 g/mol. The van der Waals surface area contributed by atoms with Gasteiger partial charge in [-0.15, -0.1) is 11.3 Å². The van der Waals surface area contributed by atoms with Crippen LogP contribution in [0, 0.1) is 6.92 Å². The summed E-state index contributed by atoms with van der Waals surface area (Å²) < 4.78 is 1.71. The minimum Gasteiger partial charge on any atom is -0.399 e. The summed E-state index contributed by atoms with van der Waals surface area (Å²) in [4.78, 5) is 17.9. The van der Waals surface area contributed by atoms with Crippen LogP contribution in [0.3, 0.4) is 0 Å². The molecule has 6 heteroatoms. The van der Waals surface area contributed by atoms with E-state index < -0.39 is 0 Å². The van der Waals surface area contributed by atoms with Crippen LogP contribution in [0.1, 0.15) is 20.9 Å². The van der Waals surface area contributed by atoms with Gasteiger partial charge in [-0.25, -0.2) is 9.50 Å². The van der Waals surface area contributed by atoms with E-state index in [1.165, 1.54) is 11.3 Å². The fourth-order valence-corrected chi connectivity index (χ4v) is 3.43. The van der Waals surface area contributed by atoms with Crippen LogP contribution in [0.15, 0.2) is 54.0 Å². The lowest BCUT2D eigenvalue weighted by molar-refractivity contribution is 0.104. The molecule has 0 fully saturated rings. The van der Waals surface area contributed by atoms with Crippen molar-refractivity contribution in [3.8, 4) is 11.3 Å². The summed E-state index contributed by atoms with van der Waals surface area (Å²) in [5, 5.41) is 6.44. The molecule has 118 valence electrons. The summed E-state index contributed by atoms with van der Waals surface area (Å²) in [5.41, 5.74) is 10.1. The first-order valence-electron chi connectivity index (χ1n) is 7.43. The van der Waals surface area contributed by atoms with E-state index in [1.54, 1.807) is 10.7 Å². The zero-order valence-corrected chi connectivity index (χ0v) is 13.7. The molecule has 0 amide bonds.